The largest absolute Gasteiger partial charge is 0.449 e. The first-order chi connectivity index (χ1) is 12.0. The van der Waals surface area contributed by atoms with Crippen LogP contribution < -0.4 is 15.5 Å². The third kappa shape index (κ3) is 3.45. The first kappa shape index (κ1) is 17.3. The molecule has 3 rings (SSSR count). The summed E-state index contributed by atoms with van der Waals surface area (Å²) in [5.74, 6) is -0.941. The van der Waals surface area contributed by atoms with Crippen LogP contribution in [0.25, 0.3) is 0 Å². The average molecular weight is 345 g/mol. The minimum atomic E-state index is -0.868. The number of ether oxygens (including phenoxy) is 1. The number of fused-ring (bicyclic) bond motifs is 3. The molecule has 0 bridgehead atoms. The third-order valence-corrected chi connectivity index (χ3v) is 4.56. The van der Waals surface area contributed by atoms with Gasteiger partial charge in [-0.3, -0.25) is 9.59 Å². The minimum absolute atomic E-state index is 0.0390. The molecular formula is C18H23N3O4. The Hall–Kier alpha value is -2.57. The van der Waals surface area contributed by atoms with Crippen LogP contribution in [0.15, 0.2) is 18.2 Å². The van der Waals surface area contributed by atoms with Crippen molar-refractivity contribution in [2.45, 2.75) is 45.3 Å². The second-order valence-corrected chi connectivity index (χ2v) is 6.41. The van der Waals surface area contributed by atoms with Gasteiger partial charge in [0.1, 0.15) is 6.04 Å². The predicted molar refractivity (Wildman–Crippen MR) is 93.6 cm³/mol. The van der Waals surface area contributed by atoms with Gasteiger partial charge >= 0.3 is 5.97 Å². The zero-order valence-electron chi connectivity index (χ0n) is 14.5. The average Bonchev–Trinajstić information content (AvgIpc) is 3.09. The lowest BCUT2D eigenvalue weighted by atomic mass is 10.1. The minimum Gasteiger partial charge on any atom is -0.449 e. The number of hydrogen-bond acceptors (Lipinski definition) is 5. The lowest BCUT2D eigenvalue weighted by Crippen LogP contribution is -2.44. The molecule has 0 aliphatic carbocycles. The molecule has 7 heteroatoms. The predicted octanol–water partition coefficient (Wildman–Crippen LogP) is 1.68. The van der Waals surface area contributed by atoms with Gasteiger partial charge in [0.2, 0.25) is 5.91 Å². The zero-order chi connectivity index (χ0) is 18.0. The van der Waals surface area contributed by atoms with E-state index in [0.717, 1.165) is 31.5 Å². The Morgan fingerprint density at radius 3 is 3.00 bits per heavy atom. The summed E-state index contributed by atoms with van der Waals surface area (Å²) < 4.78 is 5.22. The molecule has 0 saturated carbocycles. The van der Waals surface area contributed by atoms with Crippen molar-refractivity contribution in [2.75, 3.05) is 23.3 Å². The topological polar surface area (TPSA) is 87.7 Å². The third-order valence-electron chi connectivity index (χ3n) is 4.56. The molecule has 2 aliphatic heterocycles. The number of esters is 1. The van der Waals surface area contributed by atoms with Crippen LogP contribution in [0.2, 0.25) is 0 Å². The number of hydrogen-bond donors (Lipinski definition) is 2. The highest BCUT2D eigenvalue weighted by Gasteiger charge is 2.36. The summed E-state index contributed by atoms with van der Waals surface area (Å²) in [6.45, 7) is 4.87. The van der Waals surface area contributed by atoms with Gasteiger partial charge in [0, 0.05) is 13.1 Å². The molecule has 134 valence electrons. The summed E-state index contributed by atoms with van der Waals surface area (Å²) in [5.41, 5.74) is 1.85. The van der Waals surface area contributed by atoms with Gasteiger partial charge in [-0.15, -0.1) is 0 Å². The van der Waals surface area contributed by atoms with Crippen LogP contribution >= 0.6 is 0 Å². The van der Waals surface area contributed by atoms with Gasteiger partial charge in [0.05, 0.1) is 16.9 Å². The molecule has 2 aliphatic rings. The van der Waals surface area contributed by atoms with Crippen molar-refractivity contribution in [1.29, 1.82) is 0 Å². The van der Waals surface area contributed by atoms with Gasteiger partial charge in [-0.05, 0) is 44.4 Å². The molecule has 2 amide bonds. The lowest BCUT2D eigenvalue weighted by Gasteiger charge is -2.33. The number of carbonyl (C=O) groups excluding carboxylic acids is 3. The van der Waals surface area contributed by atoms with E-state index in [1.54, 1.807) is 12.1 Å². The number of rotatable bonds is 5. The van der Waals surface area contributed by atoms with E-state index in [-0.39, 0.29) is 17.9 Å². The summed E-state index contributed by atoms with van der Waals surface area (Å²) in [5, 5.41) is 5.55. The normalized spacial score (nSPS) is 19.5. The van der Waals surface area contributed by atoms with E-state index < -0.39 is 12.1 Å². The van der Waals surface area contributed by atoms with Crippen molar-refractivity contribution in [2.24, 2.45) is 0 Å². The Morgan fingerprint density at radius 1 is 1.44 bits per heavy atom. The standard InChI is InChI=1S/C18H23N3O4/c1-3-8-19-16(22)11(2)25-18(24)12-6-7-14-13(10-12)20-17(23)15-5-4-9-21(14)15/h6-7,10-11,15H,3-5,8-9H2,1-2H3,(H,19,22)(H,20,23)/t11-,15+/m1/s1. The summed E-state index contributed by atoms with van der Waals surface area (Å²) in [6, 6.07) is 4.99. The summed E-state index contributed by atoms with van der Waals surface area (Å²) in [7, 11) is 0. The van der Waals surface area contributed by atoms with Crippen LogP contribution in [0, 0.1) is 0 Å². The molecule has 0 aromatic heterocycles. The van der Waals surface area contributed by atoms with Crippen LogP contribution in [0.3, 0.4) is 0 Å². The van der Waals surface area contributed by atoms with E-state index in [0.29, 0.717) is 17.8 Å². The Labute approximate surface area is 146 Å². The fraction of sp³-hybridized carbons (Fsp3) is 0.500. The first-order valence-electron chi connectivity index (χ1n) is 8.71. The van der Waals surface area contributed by atoms with Crippen LogP contribution in [0.1, 0.15) is 43.5 Å². The number of nitrogens with zero attached hydrogens (tertiary/aromatic N) is 1. The zero-order valence-corrected chi connectivity index (χ0v) is 14.5. The number of benzene rings is 1. The maximum atomic E-state index is 12.3. The quantitative estimate of drug-likeness (QED) is 0.793. The second kappa shape index (κ2) is 7.13. The Morgan fingerprint density at radius 2 is 2.24 bits per heavy atom. The van der Waals surface area contributed by atoms with Crippen molar-refractivity contribution in [1.82, 2.24) is 5.32 Å². The maximum absolute atomic E-state index is 12.3. The van der Waals surface area contributed by atoms with E-state index in [4.69, 9.17) is 4.74 Å². The van der Waals surface area contributed by atoms with Gasteiger partial charge in [0.25, 0.3) is 5.91 Å². The monoisotopic (exact) mass is 345 g/mol. The van der Waals surface area contributed by atoms with Gasteiger partial charge in [0.15, 0.2) is 6.10 Å². The van der Waals surface area contributed by atoms with E-state index in [1.165, 1.54) is 6.92 Å². The number of amides is 2. The molecule has 1 aromatic rings. The van der Waals surface area contributed by atoms with E-state index in [2.05, 4.69) is 15.5 Å². The van der Waals surface area contributed by atoms with Crippen LogP contribution in [0.4, 0.5) is 11.4 Å². The highest BCUT2D eigenvalue weighted by atomic mass is 16.5. The molecule has 1 saturated heterocycles. The smallest absolute Gasteiger partial charge is 0.338 e. The van der Waals surface area contributed by atoms with Gasteiger partial charge in [-0.1, -0.05) is 6.92 Å². The lowest BCUT2D eigenvalue weighted by molar-refractivity contribution is -0.129. The summed E-state index contributed by atoms with van der Waals surface area (Å²) >= 11 is 0. The van der Waals surface area contributed by atoms with Crippen molar-refractivity contribution in [3.8, 4) is 0 Å². The second-order valence-electron chi connectivity index (χ2n) is 6.41. The van der Waals surface area contributed by atoms with Gasteiger partial charge in [-0.2, -0.15) is 0 Å². The van der Waals surface area contributed by atoms with Crippen LogP contribution in [-0.2, 0) is 14.3 Å². The number of carbonyl (C=O) groups is 3. The molecule has 0 spiro atoms. The molecule has 2 atom stereocenters. The van der Waals surface area contributed by atoms with Crippen LogP contribution in [0.5, 0.6) is 0 Å². The van der Waals surface area contributed by atoms with Gasteiger partial charge < -0.3 is 20.3 Å². The number of anilines is 2. The molecule has 0 unspecified atom stereocenters. The molecule has 2 heterocycles. The first-order valence-corrected chi connectivity index (χ1v) is 8.71. The Kier molecular flexibility index (Phi) is 4.92. The van der Waals surface area contributed by atoms with Crippen LogP contribution in [-0.4, -0.2) is 43.0 Å². The Bertz CT molecular complexity index is 704. The molecule has 0 radical (unpaired) electrons. The summed E-state index contributed by atoms with van der Waals surface area (Å²) in [4.78, 5) is 38.4. The van der Waals surface area contributed by atoms with Gasteiger partial charge in [-0.25, -0.2) is 4.79 Å². The summed E-state index contributed by atoms with van der Waals surface area (Å²) in [6.07, 6.45) is 1.77. The molecule has 7 nitrogen and oxygen atoms in total. The van der Waals surface area contributed by atoms with Crippen molar-refractivity contribution < 1.29 is 19.1 Å². The van der Waals surface area contributed by atoms with E-state index in [1.807, 2.05) is 13.0 Å². The molecule has 2 N–H and O–H groups in total. The van der Waals surface area contributed by atoms with Crippen molar-refractivity contribution in [3.05, 3.63) is 23.8 Å². The van der Waals surface area contributed by atoms with Crippen molar-refractivity contribution in [3.63, 3.8) is 0 Å². The highest BCUT2D eigenvalue weighted by Crippen LogP contribution is 2.37. The fourth-order valence-electron chi connectivity index (χ4n) is 3.23. The Balaban J connectivity index is 1.72. The molecule has 25 heavy (non-hydrogen) atoms. The fourth-order valence-corrected chi connectivity index (χ4v) is 3.23. The van der Waals surface area contributed by atoms with Crippen molar-refractivity contribution >= 4 is 29.2 Å². The SMILES string of the molecule is CCCNC(=O)[C@@H](C)OC(=O)c1ccc2c(c1)NC(=O)[C@@H]1CCCN21. The van der Waals surface area contributed by atoms with E-state index in [9.17, 15) is 14.4 Å². The number of nitrogens with one attached hydrogen (secondary N) is 2. The molecular weight excluding hydrogens is 322 g/mol. The molecule has 1 aromatic carbocycles. The highest BCUT2D eigenvalue weighted by molar-refractivity contribution is 6.05. The van der Waals surface area contributed by atoms with E-state index >= 15 is 0 Å². The maximum Gasteiger partial charge on any atom is 0.338 e. The molecule has 1 fully saturated rings.